The summed E-state index contributed by atoms with van der Waals surface area (Å²) in [5, 5.41) is 8.38. The van der Waals surface area contributed by atoms with Crippen LogP contribution < -0.4 is 11.3 Å². The van der Waals surface area contributed by atoms with Crippen LogP contribution in [0.3, 0.4) is 0 Å². The molecule has 0 saturated carbocycles. The molecule has 0 aliphatic carbocycles. The second-order valence-corrected chi connectivity index (χ2v) is 6.92. The van der Waals surface area contributed by atoms with E-state index in [0.717, 1.165) is 33.6 Å². The second-order valence-electron chi connectivity index (χ2n) is 4.37. The number of aromatic nitrogens is 2. The van der Waals surface area contributed by atoms with Crippen molar-refractivity contribution in [1.29, 1.82) is 0 Å². The monoisotopic (exact) mass is 340 g/mol. The van der Waals surface area contributed by atoms with Gasteiger partial charge in [-0.25, -0.2) is 0 Å². The molecule has 0 amide bonds. The van der Waals surface area contributed by atoms with Crippen molar-refractivity contribution >= 4 is 27.3 Å². The first kappa shape index (κ1) is 14.6. The van der Waals surface area contributed by atoms with Crippen LogP contribution in [0.2, 0.25) is 0 Å². The molecule has 0 saturated heterocycles. The van der Waals surface area contributed by atoms with Crippen molar-refractivity contribution in [3.63, 3.8) is 0 Å². The van der Waals surface area contributed by atoms with E-state index in [0.29, 0.717) is 0 Å². The van der Waals surface area contributed by atoms with Gasteiger partial charge >= 0.3 is 0 Å². The number of thiophene rings is 1. The Morgan fingerprint density at radius 1 is 1.42 bits per heavy atom. The van der Waals surface area contributed by atoms with Crippen LogP contribution in [0, 0.1) is 6.92 Å². The molecule has 6 heteroatoms. The molecule has 3 N–H and O–H groups in total. The van der Waals surface area contributed by atoms with E-state index in [9.17, 15) is 0 Å². The first-order valence-corrected chi connectivity index (χ1v) is 7.78. The maximum Gasteiger partial charge on any atom is 0.0701 e. The van der Waals surface area contributed by atoms with Gasteiger partial charge in [-0.15, -0.1) is 11.3 Å². The molecule has 102 valence electrons. The standard InChI is InChI=1S/C13H17BrN4S/c1-3-11-10(6-8(2)17-18-11)12(16-15)7-9-4-5-13(14)19-9/h4-6,12,16H,3,7,15H2,1-2H3. The Morgan fingerprint density at radius 3 is 2.79 bits per heavy atom. The molecule has 2 aromatic heterocycles. The van der Waals surface area contributed by atoms with Gasteiger partial charge in [-0.2, -0.15) is 10.2 Å². The van der Waals surface area contributed by atoms with Crippen LogP contribution in [0.25, 0.3) is 0 Å². The Labute approximate surface area is 125 Å². The summed E-state index contributed by atoms with van der Waals surface area (Å²) in [6.07, 6.45) is 1.71. The summed E-state index contributed by atoms with van der Waals surface area (Å²) in [4.78, 5) is 1.28. The lowest BCUT2D eigenvalue weighted by atomic mass is 10.0. The van der Waals surface area contributed by atoms with Gasteiger partial charge in [0.25, 0.3) is 0 Å². The zero-order valence-electron chi connectivity index (χ0n) is 11.0. The highest BCUT2D eigenvalue weighted by molar-refractivity contribution is 9.11. The van der Waals surface area contributed by atoms with Crippen LogP contribution in [0.5, 0.6) is 0 Å². The van der Waals surface area contributed by atoms with Crippen molar-refractivity contribution in [3.8, 4) is 0 Å². The van der Waals surface area contributed by atoms with E-state index < -0.39 is 0 Å². The Bertz CT molecular complexity index is 555. The molecule has 0 spiro atoms. The average Bonchev–Trinajstić information content (AvgIpc) is 2.81. The van der Waals surface area contributed by atoms with Gasteiger partial charge in [0.2, 0.25) is 0 Å². The molecule has 0 radical (unpaired) electrons. The number of rotatable bonds is 5. The smallest absolute Gasteiger partial charge is 0.0701 e. The zero-order chi connectivity index (χ0) is 13.8. The maximum atomic E-state index is 5.73. The van der Waals surface area contributed by atoms with Gasteiger partial charge < -0.3 is 0 Å². The third-order valence-corrected chi connectivity index (χ3v) is 4.62. The maximum absolute atomic E-state index is 5.73. The van der Waals surface area contributed by atoms with Gasteiger partial charge in [0, 0.05) is 11.3 Å². The predicted molar refractivity (Wildman–Crippen MR) is 81.9 cm³/mol. The number of halogens is 1. The van der Waals surface area contributed by atoms with Crippen molar-refractivity contribution in [3.05, 3.63) is 43.8 Å². The topological polar surface area (TPSA) is 63.8 Å². The summed E-state index contributed by atoms with van der Waals surface area (Å²) in [5.41, 5.74) is 5.96. The molecule has 0 aromatic carbocycles. The molecule has 1 unspecified atom stereocenters. The molecular weight excluding hydrogens is 324 g/mol. The summed E-state index contributed by atoms with van der Waals surface area (Å²) in [7, 11) is 0. The molecule has 4 nitrogen and oxygen atoms in total. The number of hydrogen-bond donors (Lipinski definition) is 2. The Kier molecular flexibility index (Phi) is 5.04. The van der Waals surface area contributed by atoms with Crippen LogP contribution >= 0.6 is 27.3 Å². The summed E-state index contributed by atoms with van der Waals surface area (Å²) >= 11 is 5.21. The van der Waals surface area contributed by atoms with E-state index >= 15 is 0 Å². The molecule has 19 heavy (non-hydrogen) atoms. The Morgan fingerprint density at radius 2 is 2.21 bits per heavy atom. The molecular formula is C13H17BrN4S. The van der Waals surface area contributed by atoms with Crippen molar-refractivity contribution < 1.29 is 0 Å². The van der Waals surface area contributed by atoms with Crippen LogP contribution in [-0.4, -0.2) is 10.2 Å². The van der Waals surface area contributed by atoms with E-state index in [4.69, 9.17) is 5.84 Å². The Balaban J connectivity index is 2.28. The predicted octanol–water partition coefficient (Wildman–Crippen LogP) is 2.92. The largest absolute Gasteiger partial charge is 0.271 e. The SMILES string of the molecule is CCc1nnc(C)cc1C(Cc1ccc(Br)s1)NN. The van der Waals surface area contributed by atoms with Crippen LogP contribution in [0.15, 0.2) is 22.0 Å². The lowest BCUT2D eigenvalue weighted by Crippen LogP contribution is -2.30. The fraction of sp³-hybridized carbons (Fsp3) is 0.385. The van der Waals surface area contributed by atoms with Gasteiger partial charge in [0.1, 0.15) is 0 Å². The molecule has 0 aliphatic rings. The van der Waals surface area contributed by atoms with Crippen LogP contribution in [0.1, 0.15) is 34.8 Å². The van der Waals surface area contributed by atoms with Gasteiger partial charge in [-0.05, 0) is 53.0 Å². The summed E-state index contributed by atoms with van der Waals surface area (Å²) < 4.78 is 1.14. The lowest BCUT2D eigenvalue weighted by molar-refractivity contribution is 0.545. The number of nitrogens with two attached hydrogens (primary N) is 1. The summed E-state index contributed by atoms with van der Waals surface area (Å²) in [6.45, 7) is 4.03. The highest BCUT2D eigenvalue weighted by Crippen LogP contribution is 2.27. The third kappa shape index (κ3) is 3.60. The normalized spacial score (nSPS) is 12.6. The highest BCUT2D eigenvalue weighted by Gasteiger charge is 2.16. The Hall–Kier alpha value is -0.820. The van der Waals surface area contributed by atoms with E-state index in [-0.39, 0.29) is 6.04 Å². The van der Waals surface area contributed by atoms with Gasteiger partial charge in [-0.3, -0.25) is 11.3 Å². The van der Waals surface area contributed by atoms with E-state index in [1.165, 1.54) is 4.88 Å². The highest BCUT2D eigenvalue weighted by atomic mass is 79.9. The summed E-state index contributed by atoms with van der Waals surface area (Å²) in [5.74, 6) is 5.73. The van der Waals surface area contributed by atoms with Crippen LogP contribution in [0.4, 0.5) is 0 Å². The van der Waals surface area contributed by atoms with E-state index in [1.807, 2.05) is 6.92 Å². The number of nitrogens with one attached hydrogen (secondary N) is 1. The fourth-order valence-corrected chi connectivity index (χ4v) is 3.56. The van der Waals surface area contributed by atoms with Gasteiger partial charge in [0.05, 0.1) is 21.2 Å². The molecule has 2 rings (SSSR count). The quantitative estimate of drug-likeness (QED) is 0.648. The molecule has 0 aliphatic heterocycles. The minimum Gasteiger partial charge on any atom is -0.271 e. The second kappa shape index (κ2) is 6.56. The van der Waals surface area contributed by atoms with Crippen molar-refractivity contribution in [1.82, 2.24) is 15.6 Å². The van der Waals surface area contributed by atoms with Gasteiger partial charge in [0.15, 0.2) is 0 Å². The number of aryl methyl sites for hydroxylation is 2. The first-order valence-electron chi connectivity index (χ1n) is 6.17. The lowest BCUT2D eigenvalue weighted by Gasteiger charge is -2.18. The molecule has 0 fully saturated rings. The minimum atomic E-state index is 0.0645. The molecule has 1 atom stereocenters. The molecule has 2 heterocycles. The van der Waals surface area contributed by atoms with Crippen molar-refractivity contribution in [2.24, 2.45) is 5.84 Å². The third-order valence-electron chi connectivity index (χ3n) is 2.97. The zero-order valence-corrected chi connectivity index (χ0v) is 13.4. The fourth-order valence-electron chi connectivity index (χ4n) is 2.03. The number of hydrazine groups is 1. The average molecular weight is 341 g/mol. The van der Waals surface area contributed by atoms with E-state index in [2.05, 4.69) is 56.7 Å². The summed E-state index contributed by atoms with van der Waals surface area (Å²) in [6, 6.07) is 6.31. The first-order chi connectivity index (χ1) is 9.13. The number of nitrogens with zero attached hydrogens (tertiary/aromatic N) is 2. The van der Waals surface area contributed by atoms with Crippen LogP contribution in [-0.2, 0) is 12.8 Å². The van der Waals surface area contributed by atoms with Crippen molar-refractivity contribution in [2.45, 2.75) is 32.7 Å². The van der Waals surface area contributed by atoms with Crippen molar-refractivity contribution in [2.75, 3.05) is 0 Å². The molecule has 0 bridgehead atoms. The minimum absolute atomic E-state index is 0.0645. The van der Waals surface area contributed by atoms with E-state index in [1.54, 1.807) is 11.3 Å². The van der Waals surface area contributed by atoms with Gasteiger partial charge in [-0.1, -0.05) is 6.92 Å². The number of hydrogen-bond acceptors (Lipinski definition) is 5. The molecule has 2 aromatic rings.